The van der Waals surface area contributed by atoms with Gasteiger partial charge in [-0.3, -0.25) is 0 Å². The lowest BCUT2D eigenvalue weighted by Crippen LogP contribution is -2.37. The molecule has 0 aromatic rings. The van der Waals surface area contributed by atoms with Gasteiger partial charge in [0.05, 0.1) is 6.42 Å². The number of halogens is 3. The van der Waals surface area contributed by atoms with Crippen LogP contribution >= 0.6 is 0 Å². The maximum Gasteiger partial charge on any atom is 0.390 e. The topological polar surface area (TPSA) is 26.0 Å². The smallest absolute Gasteiger partial charge is 0.327 e. The van der Waals surface area contributed by atoms with Gasteiger partial charge in [-0.2, -0.15) is 13.2 Å². The van der Waals surface area contributed by atoms with Crippen molar-refractivity contribution in [3.05, 3.63) is 0 Å². The molecule has 2 fully saturated rings. The van der Waals surface area contributed by atoms with Gasteiger partial charge in [-0.25, -0.2) is 0 Å². The maximum absolute atomic E-state index is 12.1. The third kappa shape index (κ3) is 2.05. The molecule has 2 saturated carbocycles. The number of nitrogens with two attached hydrogens (primary N) is 1. The summed E-state index contributed by atoms with van der Waals surface area (Å²) in [6.45, 7) is 0. The molecule has 2 aliphatic carbocycles. The number of hydrogen-bond acceptors (Lipinski definition) is 1. The van der Waals surface area contributed by atoms with Crippen molar-refractivity contribution in [2.24, 2.45) is 23.5 Å². The molecule has 4 atom stereocenters. The Morgan fingerprint density at radius 3 is 2.36 bits per heavy atom. The average Bonchev–Trinajstić information content (AvgIpc) is 2.59. The minimum atomic E-state index is -4.10. The molecule has 0 aromatic heterocycles. The lowest BCUT2D eigenvalue weighted by molar-refractivity contribution is -0.141. The van der Waals surface area contributed by atoms with E-state index < -0.39 is 18.6 Å². The van der Waals surface area contributed by atoms with E-state index in [4.69, 9.17) is 5.73 Å². The summed E-state index contributed by atoms with van der Waals surface area (Å²) in [5.74, 6) is 1.29. The van der Waals surface area contributed by atoms with Crippen LogP contribution < -0.4 is 5.73 Å². The molecule has 2 bridgehead atoms. The molecule has 0 aliphatic heterocycles. The Bertz CT molecular complexity index is 214. The summed E-state index contributed by atoms with van der Waals surface area (Å²) in [6.07, 6.45) is -0.541. The molecule has 0 heterocycles. The SMILES string of the molecule is N[C@@H](CC(F)(F)F)C1CC2CCC1C2. The van der Waals surface area contributed by atoms with Crippen LogP contribution in [-0.4, -0.2) is 12.2 Å². The highest BCUT2D eigenvalue weighted by Crippen LogP contribution is 2.50. The Morgan fingerprint density at radius 1 is 1.21 bits per heavy atom. The summed E-state index contributed by atoms with van der Waals surface area (Å²) in [5.41, 5.74) is 5.63. The molecular formula is C10H16F3N. The minimum Gasteiger partial charge on any atom is -0.327 e. The fourth-order valence-electron chi connectivity index (χ4n) is 3.24. The molecule has 0 saturated heterocycles. The van der Waals surface area contributed by atoms with Gasteiger partial charge < -0.3 is 5.73 Å². The van der Waals surface area contributed by atoms with Crippen molar-refractivity contribution in [1.82, 2.24) is 0 Å². The van der Waals surface area contributed by atoms with Crippen molar-refractivity contribution in [2.45, 2.75) is 44.3 Å². The summed E-state index contributed by atoms with van der Waals surface area (Å²) in [7, 11) is 0. The molecule has 4 heteroatoms. The van der Waals surface area contributed by atoms with Gasteiger partial charge in [0.2, 0.25) is 0 Å². The third-order valence-electron chi connectivity index (χ3n) is 3.81. The minimum absolute atomic E-state index is 0.135. The standard InChI is InChI=1S/C10H16F3N/c11-10(12,13)5-9(14)8-4-6-1-2-7(8)3-6/h6-9H,1-5,14H2/t6?,7?,8?,9-/m0/s1. The molecule has 82 valence electrons. The highest BCUT2D eigenvalue weighted by Gasteiger charge is 2.44. The van der Waals surface area contributed by atoms with Gasteiger partial charge in [0.25, 0.3) is 0 Å². The maximum atomic E-state index is 12.1. The Morgan fingerprint density at radius 2 is 1.93 bits per heavy atom. The average molecular weight is 207 g/mol. The van der Waals surface area contributed by atoms with E-state index in [0.29, 0.717) is 11.8 Å². The van der Waals surface area contributed by atoms with Gasteiger partial charge in [-0.1, -0.05) is 6.42 Å². The van der Waals surface area contributed by atoms with E-state index in [0.717, 1.165) is 19.3 Å². The normalized spacial score (nSPS) is 39.0. The molecule has 0 aromatic carbocycles. The molecule has 2 aliphatic rings. The van der Waals surface area contributed by atoms with E-state index in [9.17, 15) is 13.2 Å². The van der Waals surface area contributed by atoms with Crippen LogP contribution in [0.5, 0.6) is 0 Å². The largest absolute Gasteiger partial charge is 0.390 e. The molecule has 2 rings (SSSR count). The number of hydrogen-bond donors (Lipinski definition) is 1. The Balaban J connectivity index is 1.90. The molecular weight excluding hydrogens is 191 g/mol. The zero-order valence-corrected chi connectivity index (χ0v) is 8.06. The van der Waals surface area contributed by atoms with Crippen molar-refractivity contribution < 1.29 is 13.2 Å². The van der Waals surface area contributed by atoms with E-state index in [1.807, 2.05) is 0 Å². The fraction of sp³-hybridized carbons (Fsp3) is 1.00. The van der Waals surface area contributed by atoms with Crippen LogP contribution in [0.3, 0.4) is 0 Å². The van der Waals surface area contributed by atoms with Crippen LogP contribution in [0.4, 0.5) is 13.2 Å². The highest BCUT2D eigenvalue weighted by atomic mass is 19.4. The Hall–Kier alpha value is -0.250. The van der Waals surface area contributed by atoms with Crippen molar-refractivity contribution in [2.75, 3.05) is 0 Å². The summed E-state index contributed by atoms with van der Waals surface area (Å²) in [4.78, 5) is 0. The predicted octanol–water partition coefficient (Wildman–Crippen LogP) is 2.70. The lowest BCUT2D eigenvalue weighted by Gasteiger charge is -2.28. The van der Waals surface area contributed by atoms with E-state index in [2.05, 4.69) is 0 Å². The molecule has 2 N–H and O–H groups in total. The van der Waals surface area contributed by atoms with Crippen molar-refractivity contribution in [3.63, 3.8) is 0 Å². The zero-order valence-electron chi connectivity index (χ0n) is 8.06. The Labute approximate surface area is 81.8 Å². The monoisotopic (exact) mass is 207 g/mol. The van der Waals surface area contributed by atoms with Crippen LogP contribution in [0, 0.1) is 17.8 Å². The van der Waals surface area contributed by atoms with Crippen molar-refractivity contribution >= 4 is 0 Å². The first-order valence-corrected chi connectivity index (χ1v) is 5.28. The molecule has 0 amide bonds. The van der Waals surface area contributed by atoms with Crippen molar-refractivity contribution in [1.29, 1.82) is 0 Å². The summed E-state index contributed by atoms with van der Waals surface area (Å²) >= 11 is 0. The van der Waals surface area contributed by atoms with Gasteiger partial charge in [0, 0.05) is 6.04 Å². The second-order valence-electron chi connectivity index (χ2n) is 4.82. The number of alkyl halides is 3. The van der Waals surface area contributed by atoms with Gasteiger partial charge in [0.1, 0.15) is 0 Å². The molecule has 1 nitrogen and oxygen atoms in total. The lowest BCUT2D eigenvalue weighted by atomic mass is 9.82. The first-order chi connectivity index (χ1) is 6.46. The van der Waals surface area contributed by atoms with Gasteiger partial charge >= 0.3 is 6.18 Å². The van der Waals surface area contributed by atoms with E-state index in [1.54, 1.807) is 0 Å². The highest BCUT2D eigenvalue weighted by molar-refractivity contribution is 4.94. The van der Waals surface area contributed by atoms with Crippen LogP contribution in [0.25, 0.3) is 0 Å². The van der Waals surface area contributed by atoms with E-state index in [-0.39, 0.29) is 5.92 Å². The third-order valence-corrected chi connectivity index (χ3v) is 3.81. The van der Waals surface area contributed by atoms with Crippen molar-refractivity contribution in [3.8, 4) is 0 Å². The van der Waals surface area contributed by atoms with Crippen LogP contribution in [0.2, 0.25) is 0 Å². The quantitative estimate of drug-likeness (QED) is 0.740. The number of fused-ring (bicyclic) bond motifs is 2. The number of rotatable bonds is 2. The van der Waals surface area contributed by atoms with Crippen LogP contribution in [0.1, 0.15) is 32.1 Å². The fourth-order valence-corrected chi connectivity index (χ4v) is 3.24. The van der Waals surface area contributed by atoms with Gasteiger partial charge in [0.15, 0.2) is 0 Å². The molecule has 0 radical (unpaired) electrons. The Kier molecular flexibility index (Phi) is 2.50. The predicted molar refractivity (Wildman–Crippen MR) is 47.6 cm³/mol. The van der Waals surface area contributed by atoms with E-state index in [1.165, 1.54) is 6.42 Å². The molecule has 0 spiro atoms. The molecule has 14 heavy (non-hydrogen) atoms. The summed E-state index contributed by atoms with van der Waals surface area (Å²) in [5, 5.41) is 0. The summed E-state index contributed by atoms with van der Waals surface area (Å²) < 4.78 is 36.4. The van der Waals surface area contributed by atoms with E-state index >= 15 is 0 Å². The zero-order chi connectivity index (χ0) is 10.3. The second-order valence-corrected chi connectivity index (χ2v) is 4.82. The first-order valence-electron chi connectivity index (χ1n) is 5.28. The van der Waals surface area contributed by atoms with Gasteiger partial charge in [-0.15, -0.1) is 0 Å². The molecule has 3 unspecified atom stereocenters. The van der Waals surface area contributed by atoms with Gasteiger partial charge in [-0.05, 0) is 37.0 Å². The second kappa shape index (κ2) is 3.40. The van der Waals surface area contributed by atoms with Crippen LogP contribution in [-0.2, 0) is 0 Å². The van der Waals surface area contributed by atoms with Crippen LogP contribution in [0.15, 0.2) is 0 Å². The first kappa shape index (κ1) is 10.3. The summed E-state index contributed by atoms with van der Waals surface area (Å²) in [6, 6.07) is -0.662.